The summed E-state index contributed by atoms with van der Waals surface area (Å²) in [5.74, 6) is 0.621. The van der Waals surface area contributed by atoms with Gasteiger partial charge < -0.3 is 5.32 Å². The number of nitrogens with one attached hydrogen (secondary N) is 1. The van der Waals surface area contributed by atoms with Gasteiger partial charge in [0.1, 0.15) is 5.82 Å². The first-order chi connectivity index (χ1) is 13.5. The molecule has 2 heterocycles. The van der Waals surface area contributed by atoms with Crippen LogP contribution in [-0.2, 0) is 16.9 Å². The average Bonchev–Trinajstić information content (AvgIpc) is 2.69. The zero-order valence-electron chi connectivity index (χ0n) is 16.4. The molecule has 1 aliphatic rings. The molecule has 1 saturated heterocycles. The van der Waals surface area contributed by atoms with Crippen LogP contribution in [0.25, 0.3) is 0 Å². The van der Waals surface area contributed by atoms with Crippen LogP contribution in [0.2, 0.25) is 0 Å². The molecule has 7 heteroatoms. The van der Waals surface area contributed by atoms with Crippen LogP contribution >= 0.6 is 11.8 Å². The molecule has 1 amide bonds. The van der Waals surface area contributed by atoms with Crippen molar-refractivity contribution in [3.8, 4) is 0 Å². The van der Waals surface area contributed by atoms with Crippen molar-refractivity contribution in [3.63, 3.8) is 0 Å². The Morgan fingerprint density at radius 2 is 1.93 bits per heavy atom. The average molecular weight is 403 g/mol. The van der Waals surface area contributed by atoms with Gasteiger partial charge in [-0.25, -0.2) is 14.4 Å². The maximum Gasteiger partial charge on any atom is 0.217 e. The highest BCUT2D eigenvalue weighted by Gasteiger charge is 2.38. The molecule has 0 saturated carbocycles. The molecular weight excluding hydrogens is 375 g/mol. The minimum absolute atomic E-state index is 0.134. The number of amides is 1. The molecule has 5 nitrogen and oxygen atoms in total. The Kier molecular flexibility index (Phi) is 7.02. The number of hydrogen-bond acceptors (Lipinski definition) is 5. The fourth-order valence-electron chi connectivity index (χ4n) is 3.69. The quantitative estimate of drug-likeness (QED) is 0.565. The van der Waals surface area contributed by atoms with Crippen LogP contribution in [0.5, 0.6) is 0 Å². The molecule has 1 fully saturated rings. The second kappa shape index (κ2) is 9.47. The van der Waals surface area contributed by atoms with E-state index in [2.05, 4.69) is 27.1 Å². The molecule has 0 spiro atoms. The number of benzene rings is 1. The molecule has 3 rings (SSSR count). The number of halogens is 1. The fourth-order valence-corrected chi connectivity index (χ4v) is 4.33. The SMILES string of the molecule is CCCSc1ncc(CN2CCC(NC(C)=O)(c3ccccc3F)CC2)cn1. The molecule has 1 aromatic carbocycles. The topological polar surface area (TPSA) is 58.1 Å². The molecule has 1 aromatic heterocycles. The van der Waals surface area contributed by atoms with Crippen LogP contribution in [0.1, 0.15) is 44.2 Å². The number of carbonyl (C=O) groups is 1. The van der Waals surface area contributed by atoms with Gasteiger partial charge in [0.05, 0.1) is 5.54 Å². The van der Waals surface area contributed by atoms with Crippen LogP contribution in [-0.4, -0.2) is 39.6 Å². The second-order valence-corrected chi connectivity index (χ2v) is 8.30. The Balaban J connectivity index is 1.66. The van der Waals surface area contributed by atoms with Crippen molar-refractivity contribution in [1.82, 2.24) is 20.2 Å². The molecule has 0 bridgehead atoms. The van der Waals surface area contributed by atoms with Crippen LogP contribution < -0.4 is 5.32 Å². The van der Waals surface area contributed by atoms with E-state index in [1.54, 1.807) is 23.9 Å². The largest absolute Gasteiger partial charge is 0.347 e. The Morgan fingerprint density at radius 1 is 1.25 bits per heavy atom. The van der Waals surface area contributed by atoms with E-state index in [-0.39, 0.29) is 11.7 Å². The summed E-state index contributed by atoms with van der Waals surface area (Å²) in [4.78, 5) is 23.0. The van der Waals surface area contributed by atoms with E-state index in [0.29, 0.717) is 18.4 Å². The van der Waals surface area contributed by atoms with Gasteiger partial charge in [0, 0.05) is 55.8 Å². The standard InChI is InChI=1S/C21H27FN4OS/c1-3-12-28-20-23-13-17(14-24-20)15-26-10-8-21(9-11-26,25-16(2)27)18-6-4-5-7-19(18)22/h4-7,13-14H,3,8-12,15H2,1-2H3,(H,25,27). The summed E-state index contributed by atoms with van der Waals surface area (Å²) in [7, 11) is 0. The van der Waals surface area contributed by atoms with E-state index in [1.807, 2.05) is 18.5 Å². The van der Waals surface area contributed by atoms with Gasteiger partial charge in [-0.05, 0) is 25.3 Å². The second-order valence-electron chi connectivity index (χ2n) is 7.24. The highest BCUT2D eigenvalue weighted by atomic mass is 32.2. The van der Waals surface area contributed by atoms with Gasteiger partial charge in [-0.2, -0.15) is 0 Å². The summed E-state index contributed by atoms with van der Waals surface area (Å²) >= 11 is 1.67. The Morgan fingerprint density at radius 3 is 2.54 bits per heavy atom. The number of carbonyl (C=O) groups excluding carboxylic acids is 1. The third kappa shape index (κ3) is 5.08. The lowest BCUT2D eigenvalue weighted by Crippen LogP contribution is -2.52. The number of likely N-dealkylation sites (tertiary alicyclic amines) is 1. The van der Waals surface area contributed by atoms with Gasteiger partial charge in [0.15, 0.2) is 5.16 Å². The predicted octanol–water partition coefficient (Wildman–Crippen LogP) is 3.75. The molecule has 1 N–H and O–H groups in total. The molecule has 1 aliphatic heterocycles. The minimum Gasteiger partial charge on any atom is -0.347 e. The number of hydrogen-bond donors (Lipinski definition) is 1. The van der Waals surface area contributed by atoms with Crippen molar-refractivity contribution in [1.29, 1.82) is 0 Å². The lowest BCUT2D eigenvalue weighted by atomic mass is 9.80. The number of piperidine rings is 1. The maximum absolute atomic E-state index is 14.5. The summed E-state index contributed by atoms with van der Waals surface area (Å²) in [5, 5.41) is 3.84. The van der Waals surface area contributed by atoms with Crippen molar-refractivity contribution < 1.29 is 9.18 Å². The van der Waals surface area contributed by atoms with Crippen molar-refractivity contribution >= 4 is 17.7 Å². The summed E-state index contributed by atoms with van der Waals surface area (Å²) in [6.07, 6.45) is 6.20. The normalized spacial score (nSPS) is 16.7. The van der Waals surface area contributed by atoms with Crippen LogP contribution in [0.15, 0.2) is 41.8 Å². The van der Waals surface area contributed by atoms with Gasteiger partial charge in [0.25, 0.3) is 0 Å². The van der Waals surface area contributed by atoms with Crippen LogP contribution in [0.3, 0.4) is 0 Å². The van der Waals surface area contributed by atoms with E-state index >= 15 is 0 Å². The molecule has 0 atom stereocenters. The zero-order valence-corrected chi connectivity index (χ0v) is 17.3. The number of rotatable bonds is 7. The van der Waals surface area contributed by atoms with Crippen LogP contribution in [0.4, 0.5) is 4.39 Å². The van der Waals surface area contributed by atoms with E-state index < -0.39 is 5.54 Å². The Labute approximate surface area is 170 Å². The summed E-state index contributed by atoms with van der Waals surface area (Å²) in [6, 6.07) is 6.74. The summed E-state index contributed by atoms with van der Waals surface area (Å²) in [5.41, 5.74) is 0.995. The van der Waals surface area contributed by atoms with Gasteiger partial charge in [-0.1, -0.05) is 36.9 Å². The lowest BCUT2D eigenvalue weighted by Gasteiger charge is -2.42. The first-order valence-corrected chi connectivity index (χ1v) is 10.7. The predicted molar refractivity (Wildman–Crippen MR) is 109 cm³/mol. The first kappa shape index (κ1) is 20.7. The zero-order chi connectivity index (χ0) is 20.0. The van der Waals surface area contributed by atoms with Gasteiger partial charge >= 0.3 is 0 Å². The maximum atomic E-state index is 14.5. The summed E-state index contributed by atoms with van der Waals surface area (Å²) < 4.78 is 14.5. The summed E-state index contributed by atoms with van der Waals surface area (Å²) in [6.45, 7) is 5.92. The molecule has 0 unspecified atom stereocenters. The minimum atomic E-state index is -0.648. The van der Waals surface area contributed by atoms with Crippen molar-refractivity contribution in [2.24, 2.45) is 0 Å². The van der Waals surface area contributed by atoms with Gasteiger partial charge in [0.2, 0.25) is 5.91 Å². The first-order valence-electron chi connectivity index (χ1n) is 9.72. The van der Waals surface area contributed by atoms with E-state index in [0.717, 1.165) is 42.5 Å². The van der Waals surface area contributed by atoms with E-state index in [9.17, 15) is 9.18 Å². The van der Waals surface area contributed by atoms with E-state index in [1.165, 1.54) is 13.0 Å². The monoisotopic (exact) mass is 402 g/mol. The van der Waals surface area contributed by atoms with Crippen molar-refractivity contribution in [2.75, 3.05) is 18.8 Å². The number of thioether (sulfide) groups is 1. The van der Waals surface area contributed by atoms with Crippen molar-refractivity contribution in [2.45, 2.75) is 50.4 Å². The third-order valence-corrected chi connectivity index (χ3v) is 6.12. The molecule has 28 heavy (non-hydrogen) atoms. The third-order valence-electron chi connectivity index (χ3n) is 5.04. The number of nitrogens with zero attached hydrogens (tertiary/aromatic N) is 3. The molecule has 0 radical (unpaired) electrons. The molecule has 2 aromatic rings. The molecule has 0 aliphatic carbocycles. The van der Waals surface area contributed by atoms with E-state index in [4.69, 9.17) is 0 Å². The van der Waals surface area contributed by atoms with Gasteiger partial charge in [-0.15, -0.1) is 0 Å². The lowest BCUT2D eigenvalue weighted by molar-refractivity contribution is -0.121. The Hall–Kier alpha value is -1.99. The van der Waals surface area contributed by atoms with Gasteiger partial charge in [-0.3, -0.25) is 9.69 Å². The molecule has 150 valence electrons. The Bertz CT molecular complexity index is 791. The van der Waals surface area contributed by atoms with Crippen molar-refractivity contribution in [3.05, 3.63) is 53.6 Å². The van der Waals surface area contributed by atoms with Crippen LogP contribution in [0, 0.1) is 5.82 Å². The number of aromatic nitrogens is 2. The highest BCUT2D eigenvalue weighted by molar-refractivity contribution is 7.99. The fraction of sp³-hybridized carbons (Fsp3) is 0.476. The molecular formula is C21H27FN4OS. The smallest absolute Gasteiger partial charge is 0.217 e. The highest BCUT2D eigenvalue weighted by Crippen LogP contribution is 2.35.